The molecule has 0 nitrogen and oxygen atoms in total. The van der Waals surface area contributed by atoms with Gasteiger partial charge in [0.2, 0.25) is 0 Å². The van der Waals surface area contributed by atoms with E-state index in [4.69, 9.17) is 0 Å². The van der Waals surface area contributed by atoms with E-state index >= 15 is 0 Å². The van der Waals surface area contributed by atoms with Crippen LogP contribution in [0.15, 0.2) is 24.3 Å². The minimum atomic E-state index is -3.29. The topological polar surface area (TPSA) is 0 Å². The Morgan fingerprint density at radius 3 is 1.50 bits per heavy atom. The van der Waals surface area contributed by atoms with Gasteiger partial charge < -0.3 is 0 Å². The minimum Gasteiger partial charge on any atom is -0.188 e. The Labute approximate surface area is 94.6 Å². The van der Waals surface area contributed by atoms with Gasteiger partial charge in [0.05, 0.1) is 0 Å². The summed E-state index contributed by atoms with van der Waals surface area (Å²) in [5, 5.41) is 0. The molecule has 0 unspecified atom stereocenters. The van der Waals surface area contributed by atoms with Gasteiger partial charge in [0.1, 0.15) is 0 Å². The number of alkyl halides is 6. The Balaban J connectivity index is 3.15. The zero-order valence-corrected chi connectivity index (χ0v) is 9.75. The van der Waals surface area contributed by atoms with Crippen LogP contribution in [0.25, 0.3) is 0 Å². The van der Waals surface area contributed by atoms with Crippen LogP contribution < -0.4 is 0 Å². The number of hydrogen-bond donors (Lipinski definition) is 0. The molecular weight excluding hydrogens is 332 g/mol. The molecule has 0 radical (unpaired) electrons. The average Bonchev–Trinajstić information content (AvgIpc) is 2.01. The van der Waals surface area contributed by atoms with Crippen LogP contribution in [0.4, 0.5) is 17.6 Å². The van der Waals surface area contributed by atoms with Crippen LogP contribution in [0.3, 0.4) is 0 Å². The van der Waals surface area contributed by atoms with Gasteiger partial charge in [-0.15, -0.1) is 0 Å². The summed E-state index contributed by atoms with van der Waals surface area (Å²) in [6.45, 7) is 0. The van der Waals surface area contributed by atoms with Crippen molar-refractivity contribution in [2.75, 3.05) is 0 Å². The lowest BCUT2D eigenvalue weighted by atomic mass is 10.1. The molecule has 0 fully saturated rings. The summed E-state index contributed by atoms with van der Waals surface area (Å²) in [5.74, 6) is 0. The largest absolute Gasteiger partial charge is 0.326 e. The highest BCUT2D eigenvalue weighted by molar-refractivity contribution is 9.09. The summed E-state index contributed by atoms with van der Waals surface area (Å²) in [6.07, 6.45) is 0. The fourth-order valence-corrected chi connectivity index (χ4v) is 1.37. The fourth-order valence-electron chi connectivity index (χ4n) is 0.872. The molecular formula is C8H4Br2F4. The Bertz CT molecular complexity index is 298. The molecule has 0 aliphatic rings. The normalized spacial score (nSPS) is 13.0. The van der Waals surface area contributed by atoms with Crippen molar-refractivity contribution in [1.82, 2.24) is 0 Å². The van der Waals surface area contributed by atoms with E-state index < -0.39 is 20.8 Å². The molecule has 0 heterocycles. The third-order valence-corrected chi connectivity index (χ3v) is 2.43. The van der Waals surface area contributed by atoms with Crippen molar-refractivity contribution in [3.05, 3.63) is 35.4 Å². The van der Waals surface area contributed by atoms with E-state index in [1.807, 2.05) is 0 Å². The Hall–Kier alpha value is -0.100. The van der Waals surface area contributed by atoms with Crippen LogP contribution in [0.1, 0.15) is 11.1 Å². The summed E-state index contributed by atoms with van der Waals surface area (Å²) < 4.78 is 50.7. The summed E-state index contributed by atoms with van der Waals surface area (Å²) >= 11 is 4.19. The second-order valence-corrected chi connectivity index (χ2v) is 4.57. The Morgan fingerprint density at radius 1 is 0.857 bits per heavy atom. The zero-order valence-electron chi connectivity index (χ0n) is 6.58. The highest BCUT2D eigenvalue weighted by Crippen LogP contribution is 2.39. The van der Waals surface area contributed by atoms with E-state index in [0.717, 1.165) is 24.3 Å². The molecule has 6 heteroatoms. The van der Waals surface area contributed by atoms with Crippen molar-refractivity contribution >= 4 is 31.9 Å². The van der Waals surface area contributed by atoms with Gasteiger partial charge in [0, 0.05) is 11.1 Å². The molecule has 0 aromatic heterocycles. The predicted molar refractivity (Wildman–Crippen MR) is 52.1 cm³/mol. The Morgan fingerprint density at radius 2 is 1.21 bits per heavy atom. The highest BCUT2D eigenvalue weighted by atomic mass is 79.9. The van der Waals surface area contributed by atoms with Crippen molar-refractivity contribution in [2.24, 2.45) is 0 Å². The second-order valence-electron chi connectivity index (χ2n) is 2.58. The maximum Gasteiger partial charge on any atom is 0.326 e. The quantitative estimate of drug-likeness (QED) is 0.548. The molecule has 1 aromatic rings. The molecule has 14 heavy (non-hydrogen) atoms. The van der Waals surface area contributed by atoms with Gasteiger partial charge in [0.25, 0.3) is 0 Å². The van der Waals surface area contributed by atoms with Crippen molar-refractivity contribution < 1.29 is 17.6 Å². The van der Waals surface area contributed by atoms with Crippen molar-refractivity contribution in [2.45, 2.75) is 9.66 Å². The molecule has 78 valence electrons. The second kappa shape index (κ2) is 3.81. The first kappa shape index (κ1) is 12.0. The molecule has 1 aromatic carbocycles. The van der Waals surface area contributed by atoms with Crippen molar-refractivity contribution in [3.8, 4) is 0 Å². The predicted octanol–water partition coefficient (Wildman–Crippen LogP) is 4.58. The summed E-state index contributed by atoms with van der Waals surface area (Å²) in [6, 6.07) is 4.02. The van der Waals surface area contributed by atoms with Crippen molar-refractivity contribution in [3.63, 3.8) is 0 Å². The molecule has 0 spiro atoms. The molecule has 0 aliphatic heterocycles. The first-order valence-corrected chi connectivity index (χ1v) is 5.04. The van der Waals surface area contributed by atoms with Crippen LogP contribution >= 0.6 is 31.9 Å². The lowest BCUT2D eigenvalue weighted by molar-refractivity contribution is 0.107. The van der Waals surface area contributed by atoms with Gasteiger partial charge in [-0.1, -0.05) is 18.2 Å². The standard InChI is InChI=1S/C8H4Br2F4/c9-7(11,12)5-2-1-3-6(4-5)8(10,13)14/h1-4H. The van der Waals surface area contributed by atoms with Gasteiger partial charge in [-0.2, -0.15) is 17.6 Å². The lowest BCUT2D eigenvalue weighted by Gasteiger charge is -2.12. The maximum absolute atomic E-state index is 12.7. The third kappa shape index (κ3) is 2.95. The molecule has 0 saturated carbocycles. The number of benzene rings is 1. The minimum absolute atomic E-state index is 0.505. The first-order valence-electron chi connectivity index (χ1n) is 3.46. The zero-order chi connectivity index (χ0) is 11.0. The van der Waals surface area contributed by atoms with E-state index in [2.05, 4.69) is 31.9 Å². The molecule has 0 amide bonds. The van der Waals surface area contributed by atoms with E-state index in [-0.39, 0.29) is 0 Å². The molecule has 0 atom stereocenters. The molecule has 1 rings (SSSR count). The van der Waals surface area contributed by atoms with Gasteiger partial charge in [0.15, 0.2) is 0 Å². The summed E-state index contributed by atoms with van der Waals surface area (Å²) in [4.78, 5) is -6.58. The van der Waals surface area contributed by atoms with Gasteiger partial charge in [-0.25, -0.2) is 0 Å². The SMILES string of the molecule is FC(F)(Br)c1cccc(C(F)(F)Br)c1. The number of rotatable bonds is 2. The van der Waals surface area contributed by atoms with E-state index in [1.165, 1.54) is 0 Å². The van der Waals surface area contributed by atoms with Crippen LogP contribution in [0.2, 0.25) is 0 Å². The summed E-state index contributed by atoms with van der Waals surface area (Å²) in [7, 11) is 0. The molecule has 0 aliphatic carbocycles. The molecule has 0 bridgehead atoms. The molecule has 0 saturated heterocycles. The van der Waals surface area contributed by atoms with Gasteiger partial charge in [-0.3, -0.25) is 0 Å². The lowest BCUT2D eigenvalue weighted by Crippen LogP contribution is -2.07. The van der Waals surface area contributed by atoms with Crippen molar-refractivity contribution in [1.29, 1.82) is 0 Å². The first-order chi connectivity index (χ1) is 6.21. The average molecular weight is 336 g/mol. The Kier molecular flexibility index (Phi) is 3.26. The van der Waals surface area contributed by atoms with Gasteiger partial charge in [-0.05, 0) is 37.9 Å². The van der Waals surface area contributed by atoms with E-state index in [0.29, 0.717) is 0 Å². The summed E-state index contributed by atoms with van der Waals surface area (Å²) in [5.41, 5.74) is -1.01. The number of halogens is 6. The third-order valence-electron chi connectivity index (χ3n) is 1.52. The van der Waals surface area contributed by atoms with Crippen LogP contribution in [-0.2, 0) is 9.66 Å². The highest BCUT2D eigenvalue weighted by Gasteiger charge is 2.32. The molecule has 0 N–H and O–H groups in total. The maximum atomic E-state index is 12.7. The monoisotopic (exact) mass is 334 g/mol. The number of hydrogen-bond acceptors (Lipinski definition) is 0. The van der Waals surface area contributed by atoms with Crippen LogP contribution in [0.5, 0.6) is 0 Å². The fraction of sp³-hybridized carbons (Fsp3) is 0.250. The van der Waals surface area contributed by atoms with Crippen LogP contribution in [-0.4, -0.2) is 0 Å². The smallest absolute Gasteiger partial charge is 0.188 e. The van der Waals surface area contributed by atoms with Gasteiger partial charge >= 0.3 is 9.66 Å². The van der Waals surface area contributed by atoms with E-state index in [9.17, 15) is 17.6 Å². The van der Waals surface area contributed by atoms with E-state index in [1.54, 1.807) is 0 Å². The van der Waals surface area contributed by atoms with Crippen LogP contribution in [0, 0.1) is 0 Å².